The van der Waals surface area contributed by atoms with Crippen LogP contribution in [0.1, 0.15) is 26.7 Å². The minimum Gasteiger partial charge on any atom is -0.230 e. The normalized spacial score (nSPS) is 12.0. The Bertz CT molecular complexity index is 56.0. The van der Waals surface area contributed by atoms with Gasteiger partial charge in [-0.25, -0.2) is 5.11 Å². The van der Waals surface area contributed by atoms with Gasteiger partial charge in [-0.2, -0.15) is 0 Å². The van der Waals surface area contributed by atoms with Gasteiger partial charge in [0.25, 0.3) is 0 Å². The molecular weight excluding hydrogens is 124 g/mol. The maximum Gasteiger partial charge on any atom is 0.0980 e. The molecule has 0 rings (SSSR count). The van der Waals surface area contributed by atoms with Crippen molar-refractivity contribution in [2.75, 3.05) is 5.88 Å². The van der Waals surface area contributed by atoms with Crippen LogP contribution in [0.2, 0.25) is 0 Å². The number of alkyl halides is 1. The van der Waals surface area contributed by atoms with E-state index in [1.165, 1.54) is 0 Å². The summed E-state index contributed by atoms with van der Waals surface area (Å²) in [4.78, 5) is 0. The monoisotopic (exact) mass is 135 g/mol. The molecule has 0 aliphatic heterocycles. The summed E-state index contributed by atoms with van der Waals surface area (Å²) in [6.45, 7) is 3.36. The molecule has 0 N–H and O–H groups in total. The van der Waals surface area contributed by atoms with Crippen molar-refractivity contribution in [3.63, 3.8) is 0 Å². The molecule has 8 heavy (non-hydrogen) atoms. The number of hydrogen-bond donors (Lipinski definition) is 0. The van der Waals surface area contributed by atoms with Crippen LogP contribution in [0.4, 0.5) is 0 Å². The fourth-order valence-corrected chi connectivity index (χ4v) is 0.626. The van der Waals surface area contributed by atoms with Crippen LogP contribution in [0.5, 0.6) is 0 Å². The standard InChI is InChI=1S/C6H12ClO/c1-6(2,8)4-3-5-7/h3-5H2,1-2H3. The minimum absolute atomic E-state index is 0.603. The number of halogens is 1. The summed E-state index contributed by atoms with van der Waals surface area (Å²) in [5, 5.41) is 10.8. The van der Waals surface area contributed by atoms with Crippen molar-refractivity contribution in [1.29, 1.82) is 0 Å². The number of hydrogen-bond acceptors (Lipinski definition) is 0. The van der Waals surface area contributed by atoms with Gasteiger partial charge in [0, 0.05) is 5.88 Å². The second-order valence-electron chi connectivity index (χ2n) is 2.55. The second-order valence-corrected chi connectivity index (χ2v) is 2.93. The highest BCUT2D eigenvalue weighted by molar-refractivity contribution is 6.17. The molecule has 0 aliphatic carbocycles. The fraction of sp³-hybridized carbons (Fsp3) is 1.00. The van der Waals surface area contributed by atoms with E-state index in [-0.39, 0.29) is 0 Å². The van der Waals surface area contributed by atoms with Crippen LogP contribution in [0.25, 0.3) is 0 Å². The van der Waals surface area contributed by atoms with E-state index >= 15 is 0 Å². The summed E-state index contributed by atoms with van der Waals surface area (Å²) < 4.78 is 0. The van der Waals surface area contributed by atoms with Gasteiger partial charge in [-0.05, 0) is 26.7 Å². The van der Waals surface area contributed by atoms with Crippen molar-refractivity contribution in [3.05, 3.63) is 0 Å². The van der Waals surface area contributed by atoms with Crippen molar-refractivity contribution in [3.8, 4) is 0 Å². The molecular formula is C6H12ClO. The van der Waals surface area contributed by atoms with Gasteiger partial charge in [-0.15, -0.1) is 11.6 Å². The van der Waals surface area contributed by atoms with E-state index in [0.29, 0.717) is 12.3 Å². The van der Waals surface area contributed by atoms with Crippen LogP contribution < -0.4 is 0 Å². The zero-order valence-corrected chi connectivity index (χ0v) is 6.16. The van der Waals surface area contributed by atoms with Gasteiger partial charge >= 0.3 is 0 Å². The minimum atomic E-state index is -0.783. The lowest BCUT2D eigenvalue weighted by atomic mass is 10.0. The maximum absolute atomic E-state index is 10.8. The van der Waals surface area contributed by atoms with Gasteiger partial charge in [0.2, 0.25) is 0 Å². The molecule has 0 spiro atoms. The Labute approximate surface area is 55.7 Å². The first kappa shape index (κ1) is 8.25. The summed E-state index contributed by atoms with van der Waals surface area (Å²) in [5.74, 6) is 0.603. The largest absolute Gasteiger partial charge is 0.230 e. The second kappa shape index (κ2) is 3.31. The summed E-state index contributed by atoms with van der Waals surface area (Å²) in [6.07, 6.45) is 1.51. The Kier molecular flexibility index (Phi) is 3.41. The molecule has 0 aromatic carbocycles. The molecule has 0 heterocycles. The number of rotatable bonds is 3. The van der Waals surface area contributed by atoms with Gasteiger partial charge in [0.05, 0.1) is 5.60 Å². The van der Waals surface area contributed by atoms with E-state index in [1.807, 2.05) is 0 Å². The molecule has 0 atom stereocenters. The zero-order chi connectivity index (χ0) is 6.62. The first-order chi connectivity index (χ1) is 3.56. The lowest BCUT2D eigenvalue weighted by Gasteiger charge is -2.11. The van der Waals surface area contributed by atoms with E-state index in [4.69, 9.17) is 11.6 Å². The Hall–Kier alpha value is 0.250. The van der Waals surface area contributed by atoms with Gasteiger partial charge < -0.3 is 0 Å². The van der Waals surface area contributed by atoms with Crippen molar-refractivity contribution in [2.24, 2.45) is 0 Å². The molecule has 0 saturated heterocycles. The molecule has 0 unspecified atom stereocenters. The molecule has 49 valence electrons. The molecule has 0 amide bonds. The highest BCUT2D eigenvalue weighted by Crippen LogP contribution is 2.10. The van der Waals surface area contributed by atoms with Crippen LogP contribution in [0.15, 0.2) is 0 Å². The van der Waals surface area contributed by atoms with Crippen LogP contribution in [-0.4, -0.2) is 11.5 Å². The van der Waals surface area contributed by atoms with Crippen LogP contribution in [0.3, 0.4) is 0 Å². The van der Waals surface area contributed by atoms with E-state index in [2.05, 4.69) is 0 Å². The SMILES string of the molecule is CC(C)([O])CCCCl. The molecule has 1 nitrogen and oxygen atoms in total. The zero-order valence-electron chi connectivity index (χ0n) is 5.41. The summed E-state index contributed by atoms with van der Waals surface area (Å²) in [5.41, 5.74) is -0.783. The predicted octanol–water partition coefficient (Wildman–Crippen LogP) is 2.21. The summed E-state index contributed by atoms with van der Waals surface area (Å²) in [7, 11) is 0. The van der Waals surface area contributed by atoms with Crippen LogP contribution in [0, 0.1) is 0 Å². The van der Waals surface area contributed by atoms with Crippen molar-refractivity contribution in [1.82, 2.24) is 0 Å². The predicted molar refractivity (Wildman–Crippen MR) is 34.7 cm³/mol. The highest BCUT2D eigenvalue weighted by atomic mass is 35.5. The Balaban J connectivity index is 3.11. The van der Waals surface area contributed by atoms with Gasteiger partial charge in [-0.1, -0.05) is 0 Å². The third-order valence-corrected chi connectivity index (χ3v) is 1.18. The first-order valence-corrected chi connectivity index (χ1v) is 3.36. The Morgan fingerprint density at radius 3 is 2.12 bits per heavy atom. The lowest BCUT2D eigenvalue weighted by molar-refractivity contribution is -0.00340. The summed E-state index contributed by atoms with van der Waals surface area (Å²) >= 11 is 5.37. The first-order valence-electron chi connectivity index (χ1n) is 2.82. The molecule has 0 aliphatic rings. The molecule has 0 bridgehead atoms. The Morgan fingerprint density at radius 1 is 1.50 bits per heavy atom. The molecule has 0 aromatic rings. The summed E-state index contributed by atoms with van der Waals surface area (Å²) in [6, 6.07) is 0. The third kappa shape index (κ3) is 6.25. The molecule has 0 saturated carbocycles. The van der Waals surface area contributed by atoms with E-state index < -0.39 is 5.60 Å². The van der Waals surface area contributed by atoms with E-state index in [0.717, 1.165) is 6.42 Å². The van der Waals surface area contributed by atoms with Crippen molar-refractivity contribution < 1.29 is 5.11 Å². The molecule has 2 heteroatoms. The topological polar surface area (TPSA) is 19.9 Å². The average molecular weight is 136 g/mol. The average Bonchev–Trinajstić information content (AvgIpc) is 1.59. The molecule has 0 aromatic heterocycles. The van der Waals surface area contributed by atoms with Gasteiger partial charge in [0.1, 0.15) is 0 Å². The fourth-order valence-electron chi connectivity index (χ4n) is 0.493. The van der Waals surface area contributed by atoms with E-state index in [9.17, 15) is 5.11 Å². The van der Waals surface area contributed by atoms with Crippen LogP contribution >= 0.6 is 11.6 Å². The third-order valence-electron chi connectivity index (χ3n) is 0.912. The van der Waals surface area contributed by atoms with Crippen molar-refractivity contribution in [2.45, 2.75) is 32.3 Å². The van der Waals surface area contributed by atoms with Gasteiger partial charge in [0.15, 0.2) is 0 Å². The molecule has 1 radical (unpaired) electrons. The highest BCUT2D eigenvalue weighted by Gasteiger charge is 2.12. The van der Waals surface area contributed by atoms with Crippen molar-refractivity contribution >= 4 is 11.6 Å². The maximum atomic E-state index is 10.8. The van der Waals surface area contributed by atoms with Gasteiger partial charge in [-0.3, -0.25) is 0 Å². The quantitative estimate of drug-likeness (QED) is 0.529. The smallest absolute Gasteiger partial charge is 0.0980 e. The molecule has 0 fully saturated rings. The van der Waals surface area contributed by atoms with E-state index in [1.54, 1.807) is 13.8 Å². The van der Waals surface area contributed by atoms with Crippen LogP contribution in [-0.2, 0) is 5.11 Å². The lowest BCUT2D eigenvalue weighted by Crippen LogP contribution is -2.15. The Morgan fingerprint density at radius 2 is 2.00 bits per heavy atom.